The molecule has 0 saturated heterocycles. The summed E-state index contributed by atoms with van der Waals surface area (Å²) in [6.07, 6.45) is 1.56. The van der Waals surface area contributed by atoms with Gasteiger partial charge in [0.2, 0.25) is 0 Å². The Labute approximate surface area is 118 Å². The predicted molar refractivity (Wildman–Crippen MR) is 78.7 cm³/mol. The number of nitrogens with zero attached hydrogens (tertiary/aromatic N) is 2. The average molecular weight is 282 g/mol. The van der Waals surface area contributed by atoms with Gasteiger partial charge in [0.15, 0.2) is 0 Å². The van der Waals surface area contributed by atoms with Gasteiger partial charge < -0.3 is 10.3 Å². The van der Waals surface area contributed by atoms with Crippen LogP contribution < -0.4 is 10.2 Å². The summed E-state index contributed by atoms with van der Waals surface area (Å²) in [5.41, 5.74) is 2.85. The molecule has 0 spiro atoms. The van der Waals surface area contributed by atoms with Crippen LogP contribution in [0.3, 0.4) is 0 Å². The second kappa shape index (κ2) is 5.15. The number of hydrogen-bond acceptors (Lipinski definition) is 5. The number of nitrogens with one attached hydrogen (secondary N) is 2. The van der Waals surface area contributed by atoms with Crippen molar-refractivity contribution in [2.24, 2.45) is 0 Å². The largest absolute Gasteiger partial charge is 0.378 e. The lowest BCUT2D eigenvalue weighted by atomic mass is 10.1. The van der Waals surface area contributed by atoms with Crippen LogP contribution in [0.25, 0.3) is 10.9 Å². The molecule has 0 atom stereocenters. The molecule has 0 bridgehead atoms. The molecule has 0 amide bonds. The number of rotatable bonds is 3. The number of H-pyrrole nitrogens is 1. The standard InChI is InChI=1S/C14H10N4OS/c15-5-9-6-16-12-4-2-1-3-11(12)13(9)17-7-10-8-20-14(19)18-10/h1-4,6,8H,7H2,(H,16,17)(H,18,19). The molecule has 5 nitrogen and oxygen atoms in total. The zero-order valence-electron chi connectivity index (χ0n) is 10.4. The number of nitriles is 1. The summed E-state index contributed by atoms with van der Waals surface area (Å²) < 4.78 is 0. The third-order valence-electron chi connectivity index (χ3n) is 2.92. The number of hydrogen-bond donors (Lipinski definition) is 2. The summed E-state index contributed by atoms with van der Waals surface area (Å²) in [4.78, 5) is 18.0. The molecule has 1 aromatic carbocycles. The normalized spacial score (nSPS) is 10.3. The van der Waals surface area contributed by atoms with E-state index in [4.69, 9.17) is 0 Å². The van der Waals surface area contributed by atoms with E-state index in [0.717, 1.165) is 33.6 Å². The maximum Gasteiger partial charge on any atom is 0.304 e. The van der Waals surface area contributed by atoms with Gasteiger partial charge in [0.05, 0.1) is 23.3 Å². The first kappa shape index (κ1) is 12.4. The summed E-state index contributed by atoms with van der Waals surface area (Å²) in [5.74, 6) is 0. The molecule has 3 aromatic rings. The van der Waals surface area contributed by atoms with Crippen molar-refractivity contribution in [2.45, 2.75) is 6.54 Å². The number of aromatic nitrogens is 2. The Bertz CT molecular complexity index is 859. The third kappa shape index (κ3) is 2.27. The Morgan fingerprint density at radius 3 is 3.00 bits per heavy atom. The monoisotopic (exact) mass is 282 g/mol. The van der Waals surface area contributed by atoms with E-state index >= 15 is 0 Å². The minimum Gasteiger partial charge on any atom is -0.378 e. The molecular weight excluding hydrogens is 272 g/mol. The van der Waals surface area contributed by atoms with Crippen molar-refractivity contribution in [3.8, 4) is 6.07 Å². The highest BCUT2D eigenvalue weighted by molar-refractivity contribution is 7.07. The van der Waals surface area contributed by atoms with Crippen molar-refractivity contribution in [1.29, 1.82) is 5.26 Å². The van der Waals surface area contributed by atoms with Gasteiger partial charge in [0, 0.05) is 22.7 Å². The fourth-order valence-electron chi connectivity index (χ4n) is 2.00. The smallest absolute Gasteiger partial charge is 0.304 e. The molecule has 0 aliphatic carbocycles. The van der Waals surface area contributed by atoms with Crippen LogP contribution >= 0.6 is 11.3 Å². The second-order valence-corrected chi connectivity index (χ2v) is 5.04. The number of aromatic amines is 1. The van der Waals surface area contributed by atoms with Crippen LogP contribution in [0.15, 0.2) is 40.6 Å². The van der Waals surface area contributed by atoms with Crippen molar-refractivity contribution in [1.82, 2.24) is 9.97 Å². The first-order valence-electron chi connectivity index (χ1n) is 5.96. The number of anilines is 1. The van der Waals surface area contributed by atoms with Gasteiger partial charge in [-0.15, -0.1) is 0 Å². The van der Waals surface area contributed by atoms with E-state index in [1.54, 1.807) is 11.6 Å². The van der Waals surface area contributed by atoms with Gasteiger partial charge in [-0.3, -0.25) is 9.78 Å². The lowest BCUT2D eigenvalue weighted by Crippen LogP contribution is -2.05. The van der Waals surface area contributed by atoms with E-state index in [-0.39, 0.29) is 4.87 Å². The van der Waals surface area contributed by atoms with Crippen molar-refractivity contribution in [3.05, 3.63) is 56.8 Å². The molecule has 0 unspecified atom stereocenters. The molecule has 2 N–H and O–H groups in total. The van der Waals surface area contributed by atoms with Crippen LogP contribution in [0.5, 0.6) is 0 Å². The predicted octanol–water partition coefficient (Wildman–Crippen LogP) is 2.47. The topological polar surface area (TPSA) is 81.6 Å². The molecule has 0 fully saturated rings. The first-order valence-corrected chi connectivity index (χ1v) is 6.84. The number of thiazole rings is 1. The zero-order valence-corrected chi connectivity index (χ0v) is 11.2. The van der Waals surface area contributed by atoms with Crippen molar-refractivity contribution >= 4 is 27.9 Å². The van der Waals surface area contributed by atoms with Crippen LogP contribution in [0.1, 0.15) is 11.3 Å². The summed E-state index contributed by atoms with van der Waals surface area (Å²) in [5, 5.41) is 15.1. The molecule has 6 heteroatoms. The van der Waals surface area contributed by atoms with Gasteiger partial charge in [0.1, 0.15) is 6.07 Å². The van der Waals surface area contributed by atoms with Crippen LogP contribution in [0, 0.1) is 11.3 Å². The van der Waals surface area contributed by atoms with Crippen LogP contribution in [-0.2, 0) is 6.54 Å². The number of fused-ring (bicyclic) bond motifs is 1. The Balaban J connectivity index is 2.00. The van der Waals surface area contributed by atoms with E-state index in [1.807, 2.05) is 24.3 Å². The fourth-order valence-corrected chi connectivity index (χ4v) is 2.58. The van der Waals surface area contributed by atoms with Crippen LogP contribution in [-0.4, -0.2) is 9.97 Å². The zero-order chi connectivity index (χ0) is 13.9. The molecule has 0 radical (unpaired) electrons. The third-order valence-corrected chi connectivity index (χ3v) is 3.64. The van der Waals surface area contributed by atoms with E-state index in [2.05, 4.69) is 21.4 Å². The Kier molecular flexibility index (Phi) is 3.19. The summed E-state index contributed by atoms with van der Waals surface area (Å²) in [7, 11) is 0. The number of benzene rings is 1. The lowest BCUT2D eigenvalue weighted by molar-refractivity contribution is 1.06. The van der Waals surface area contributed by atoms with Crippen LogP contribution in [0.2, 0.25) is 0 Å². The highest BCUT2D eigenvalue weighted by atomic mass is 32.1. The molecule has 0 saturated carbocycles. The highest BCUT2D eigenvalue weighted by Gasteiger charge is 2.08. The molecule has 0 aliphatic rings. The van der Waals surface area contributed by atoms with Crippen molar-refractivity contribution < 1.29 is 0 Å². The van der Waals surface area contributed by atoms with E-state index in [1.165, 1.54) is 0 Å². The van der Waals surface area contributed by atoms with Gasteiger partial charge in [-0.2, -0.15) is 5.26 Å². The maximum absolute atomic E-state index is 11.1. The van der Waals surface area contributed by atoms with Gasteiger partial charge in [-0.05, 0) is 6.07 Å². The Hall–Kier alpha value is -2.65. The molecule has 2 aromatic heterocycles. The van der Waals surface area contributed by atoms with Gasteiger partial charge >= 0.3 is 4.87 Å². The fraction of sp³-hybridized carbons (Fsp3) is 0.0714. The van der Waals surface area contributed by atoms with Gasteiger partial charge in [0.25, 0.3) is 0 Å². The van der Waals surface area contributed by atoms with E-state index in [0.29, 0.717) is 12.1 Å². The Morgan fingerprint density at radius 2 is 2.25 bits per heavy atom. The van der Waals surface area contributed by atoms with E-state index in [9.17, 15) is 10.1 Å². The van der Waals surface area contributed by atoms with Gasteiger partial charge in [-0.1, -0.05) is 29.5 Å². The molecule has 0 aliphatic heterocycles. The quantitative estimate of drug-likeness (QED) is 0.773. The van der Waals surface area contributed by atoms with Gasteiger partial charge in [-0.25, -0.2) is 0 Å². The number of pyridine rings is 1. The summed E-state index contributed by atoms with van der Waals surface area (Å²) in [6, 6.07) is 9.76. The van der Waals surface area contributed by atoms with Crippen LogP contribution in [0.4, 0.5) is 5.69 Å². The molecule has 3 rings (SSSR count). The molecular formula is C14H10N4OS. The molecule has 20 heavy (non-hydrogen) atoms. The maximum atomic E-state index is 11.1. The Morgan fingerprint density at radius 1 is 1.40 bits per heavy atom. The van der Waals surface area contributed by atoms with E-state index < -0.39 is 0 Å². The second-order valence-electron chi connectivity index (χ2n) is 4.20. The summed E-state index contributed by atoms with van der Waals surface area (Å²) in [6.45, 7) is 0.460. The van der Waals surface area contributed by atoms with Crippen molar-refractivity contribution in [2.75, 3.05) is 5.32 Å². The molecule has 2 heterocycles. The minimum atomic E-state index is -0.0816. The lowest BCUT2D eigenvalue weighted by Gasteiger charge is -2.10. The first-order chi connectivity index (χ1) is 9.78. The highest BCUT2D eigenvalue weighted by Crippen LogP contribution is 2.25. The summed E-state index contributed by atoms with van der Waals surface area (Å²) >= 11 is 1.12. The molecule has 98 valence electrons. The SMILES string of the molecule is N#Cc1cnc2ccccc2c1NCc1csc(=O)[nH]1. The van der Waals surface area contributed by atoms with Crippen molar-refractivity contribution in [3.63, 3.8) is 0 Å². The number of para-hydroxylation sites is 1. The minimum absolute atomic E-state index is 0.0816. The average Bonchev–Trinajstić information content (AvgIpc) is 2.90.